The van der Waals surface area contributed by atoms with E-state index in [0.29, 0.717) is 12.2 Å². The highest BCUT2D eigenvalue weighted by Gasteiger charge is 2.26. The Kier molecular flexibility index (Phi) is 4.83. The Balaban J connectivity index is 1.41. The number of pyridine rings is 1. The van der Waals surface area contributed by atoms with E-state index in [2.05, 4.69) is 26.7 Å². The molecule has 2 aliphatic rings. The predicted molar refractivity (Wildman–Crippen MR) is 95.7 cm³/mol. The van der Waals surface area contributed by atoms with Crippen molar-refractivity contribution in [1.29, 1.82) is 0 Å². The summed E-state index contributed by atoms with van der Waals surface area (Å²) in [4.78, 5) is 19.0. The molecule has 3 heterocycles. The Bertz CT molecular complexity index is 790. The maximum atomic E-state index is 12.7. The first-order valence-corrected chi connectivity index (χ1v) is 9.28. The van der Waals surface area contributed by atoms with E-state index in [4.69, 9.17) is 5.11 Å². The van der Waals surface area contributed by atoms with Crippen molar-refractivity contribution in [2.45, 2.75) is 51.2 Å². The molecule has 2 aromatic rings. The molecule has 2 N–H and O–H groups in total. The lowest BCUT2D eigenvalue weighted by Gasteiger charge is -2.32. The highest BCUT2D eigenvalue weighted by molar-refractivity contribution is 5.89. The van der Waals surface area contributed by atoms with Crippen LogP contribution in [0, 0.1) is 0 Å². The molecular weight excluding hydrogens is 332 g/mol. The number of aliphatic hydroxyl groups excluding tert-OH is 1. The summed E-state index contributed by atoms with van der Waals surface area (Å²) < 4.78 is 1.76. The lowest BCUT2D eigenvalue weighted by atomic mass is 9.96. The van der Waals surface area contributed by atoms with Gasteiger partial charge in [0.2, 0.25) is 0 Å². The third kappa shape index (κ3) is 3.55. The predicted octanol–water partition coefficient (Wildman–Crippen LogP) is 1.91. The van der Waals surface area contributed by atoms with Gasteiger partial charge in [-0.2, -0.15) is 0 Å². The van der Waals surface area contributed by atoms with Crippen LogP contribution in [0.3, 0.4) is 0 Å². The molecule has 138 valence electrons. The van der Waals surface area contributed by atoms with Crippen LogP contribution < -0.4 is 5.32 Å². The van der Waals surface area contributed by atoms with E-state index in [-0.39, 0.29) is 18.7 Å². The zero-order chi connectivity index (χ0) is 17.9. The van der Waals surface area contributed by atoms with Gasteiger partial charge < -0.3 is 15.3 Å². The number of piperidine rings is 1. The Morgan fingerprint density at radius 1 is 1.31 bits per heavy atom. The number of anilines is 1. The van der Waals surface area contributed by atoms with Gasteiger partial charge in [-0.1, -0.05) is 5.21 Å². The number of likely N-dealkylation sites (tertiary alicyclic amines) is 1. The van der Waals surface area contributed by atoms with Crippen LogP contribution in [0.15, 0.2) is 18.5 Å². The van der Waals surface area contributed by atoms with Crippen LogP contribution >= 0.6 is 0 Å². The normalized spacial score (nSPS) is 19.9. The van der Waals surface area contributed by atoms with Gasteiger partial charge >= 0.3 is 6.03 Å². The van der Waals surface area contributed by atoms with E-state index in [1.165, 1.54) is 18.4 Å². The number of aliphatic hydroxyl groups is 1. The zero-order valence-electron chi connectivity index (χ0n) is 14.8. The summed E-state index contributed by atoms with van der Waals surface area (Å²) in [5, 5.41) is 20.1. The van der Waals surface area contributed by atoms with Crippen LogP contribution in [0.25, 0.3) is 0 Å². The van der Waals surface area contributed by atoms with E-state index < -0.39 is 0 Å². The van der Waals surface area contributed by atoms with E-state index in [9.17, 15) is 4.79 Å². The molecule has 0 spiro atoms. The minimum Gasteiger partial charge on any atom is -0.390 e. The minimum atomic E-state index is -0.123. The molecule has 0 radical (unpaired) electrons. The van der Waals surface area contributed by atoms with Gasteiger partial charge in [0.25, 0.3) is 0 Å². The molecule has 26 heavy (non-hydrogen) atoms. The van der Waals surface area contributed by atoms with Crippen molar-refractivity contribution >= 4 is 11.7 Å². The van der Waals surface area contributed by atoms with Crippen molar-refractivity contribution in [2.24, 2.45) is 0 Å². The number of carbonyl (C=O) groups excluding carboxylic acids is 1. The second-order valence-corrected chi connectivity index (χ2v) is 7.06. The molecule has 1 aliphatic carbocycles. The number of amides is 2. The van der Waals surface area contributed by atoms with Crippen LogP contribution in [-0.2, 0) is 19.4 Å². The monoisotopic (exact) mass is 356 g/mol. The van der Waals surface area contributed by atoms with Crippen molar-refractivity contribution < 1.29 is 9.90 Å². The van der Waals surface area contributed by atoms with Gasteiger partial charge in [-0.05, 0) is 50.2 Å². The summed E-state index contributed by atoms with van der Waals surface area (Å²) in [5.41, 5.74) is 3.73. The molecule has 8 heteroatoms. The number of urea groups is 1. The van der Waals surface area contributed by atoms with Crippen molar-refractivity contribution in [3.8, 4) is 0 Å². The van der Waals surface area contributed by atoms with Crippen LogP contribution in [0.1, 0.15) is 48.7 Å². The highest BCUT2D eigenvalue weighted by Crippen LogP contribution is 2.24. The lowest BCUT2D eigenvalue weighted by Crippen LogP contribution is -2.43. The first-order chi connectivity index (χ1) is 12.7. The topological polar surface area (TPSA) is 96.2 Å². The number of fused-ring (bicyclic) bond motifs is 1. The van der Waals surface area contributed by atoms with Gasteiger partial charge in [0.05, 0.1) is 30.7 Å². The summed E-state index contributed by atoms with van der Waals surface area (Å²) in [5.74, 6) is 0. The quantitative estimate of drug-likeness (QED) is 0.876. The van der Waals surface area contributed by atoms with Gasteiger partial charge in [-0.3, -0.25) is 4.98 Å². The molecule has 2 amide bonds. The molecule has 1 saturated heterocycles. The average Bonchev–Trinajstić information content (AvgIpc) is 3.17. The van der Waals surface area contributed by atoms with E-state index >= 15 is 0 Å². The second kappa shape index (κ2) is 7.41. The molecule has 0 aromatic carbocycles. The maximum absolute atomic E-state index is 12.7. The molecule has 2 aromatic heterocycles. The molecule has 1 atom stereocenters. The van der Waals surface area contributed by atoms with Gasteiger partial charge in [0.1, 0.15) is 5.69 Å². The summed E-state index contributed by atoms with van der Waals surface area (Å²) in [7, 11) is 0. The molecule has 0 bridgehead atoms. The molecular formula is C18H24N6O2. The van der Waals surface area contributed by atoms with Crippen LogP contribution in [-0.4, -0.2) is 49.1 Å². The molecule has 4 rings (SSSR count). The van der Waals surface area contributed by atoms with Gasteiger partial charge in [-0.25, -0.2) is 9.48 Å². The van der Waals surface area contributed by atoms with Crippen molar-refractivity contribution in [3.63, 3.8) is 0 Å². The first kappa shape index (κ1) is 17.0. The first-order valence-electron chi connectivity index (χ1n) is 9.28. The van der Waals surface area contributed by atoms with Crippen LogP contribution in [0.2, 0.25) is 0 Å². The number of rotatable bonds is 3. The number of nitrogens with one attached hydrogen (secondary N) is 1. The van der Waals surface area contributed by atoms with E-state index in [1.54, 1.807) is 17.1 Å². The average molecular weight is 356 g/mol. The van der Waals surface area contributed by atoms with Crippen molar-refractivity contribution in [3.05, 3.63) is 35.4 Å². The summed E-state index contributed by atoms with van der Waals surface area (Å²) in [6.07, 6.45) is 9.82. The number of hydrogen-bond acceptors (Lipinski definition) is 5. The molecule has 1 fully saturated rings. The third-order valence-electron chi connectivity index (χ3n) is 5.20. The molecule has 0 saturated carbocycles. The minimum absolute atomic E-state index is 0.0870. The maximum Gasteiger partial charge on any atom is 0.321 e. The highest BCUT2D eigenvalue weighted by atomic mass is 16.3. The third-order valence-corrected chi connectivity index (χ3v) is 5.20. The Labute approximate surface area is 152 Å². The number of carbonyl (C=O) groups is 1. The fraction of sp³-hybridized carbons (Fsp3) is 0.556. The fourth-order valence-electron chi connectivity index (χ4n) is 3.78. The lowest BCUT2D eigenvalue weighted by molar-refractivity contribution is 0.174. The number of hydrogen-bond donors (Lipinski definition) is 2. The zero-order valence-corrected chi connectivity index (χ0v) is 14.8. The van der Waals surface area contributed by atoms with Crippen molar-refractivity contribution in [1.82, 2.24) is 24.9 Å². The summed E-state index contributed by atoms with van der Waals surface area (Å²) in [6.45, 7) is 1.18. The smallest absolute Gasteiger partial charge is 0.321 e. The molecule has 1 unspecified atom stereocenters. The van der Waals surface area contributed by atoms with Gasteiger partial charge in [0, 0.05) is 18.8 Å². The van der Waals surface area contributed by atoms with Gasteiger partial charge in [0.15, 0.2) is 0 Å². The number of nitrogens with zero attached hydrogens (tertiary/aromatic N) is 5. The van der Waals surface area contributed by atoms with Crippen LogP contribution in [0.4, 0.5) is 10.5 Å². The standard InChI is InChI=1S/C18H24N6O2/c25-12-15-10-24(22-21-15)16-5-3-7-23(11-16)18(26)20-14-8-13-4-1-2-6-17(13)19-9-14/h8-10,16,25H,1-7,11-12H2,(H,20,26). The molecule has 8 nitrogen and oxygen atoms in total. The SMILES string of the molecule is O=C(Nc1cnc2c(c1)CCCC2)N1CCCC(n2cc(CO)nn2)C1. The largest absolute Gasteiger partial charge is 0.390 e. The number of aromatic nitrogens is 4. The summed E-state index contributed by atoms with van der Waals surface area (Å²) >= 11 is 0. The van der Waals surface area contributed by atoms with Crippen LogP contribution in [0.5, 0.6) is 0 Å². The second-order valence-electron chi connectivity index (χ2n) is 7.06. The van der Waals surface area contributed by atoms with Gasteiger partial charge in [-0.15, -0.1) is 5.10 Å². The van der Waals surface area contributed by atoms with E-state index in [0.717, 1.165) is 43.6 Å². The Morgan fingerprint density at radius 3 is 3.04 bits per heavy atom. The fourth-order valence-corrected chi connectivity index (χ4v) is 3.78. The van der Waals surface area contributed by atoms with Crippen molar-refractivity contribution in [2.75, 3.05) is 18.4 Å². The molecule has 1 aliphatic heterocycles. The van der Waals surface area contributed by atoms with E-state index in [1.807, 2.05) is 4.90 Å². The Hall–Kier alpha value is -2.48. The summed E-state index contributed by atoms with van der Waals surface area (Å²) in [6, 6.07) is 2.05. The number of aryl methyl sites for hydroxylation is 2. The Morgan fingerprint density at radius 2 is 2.19 bits per heavy atom.